The molecule has 0 unspecified atom stereocenters. The average molecular weight is 554 g/mol. The summed E-state index contributed by atoms with van der Waals surface area (Å²) in [7, 11) is 1.60. The van der Waals surface area contributed by atoms with Gasteiger partial charge in [-0.2, -0.15) is 4.98 Å². The number of aromatic nitrogens is 5. The van der Waals surface area contributed by atoms with Crippen molar-refractivity contribution in [1.82, 2.24) is 29.6 Å². The van der Waals surface area contributed by atoms with Crippen LogP contribution in [0, 0.1) is 11.6 Å². The Bertz CT molecular complexity index is 1480. The molecule has 10 nitrogen and oxygen atoms in total. The van der Waals surface area contributed by atoms with Gasteiger partial charge in [-0.15, -0.1) is 0 Å². The normalized spacial score (nSPS) is 14.3. The standard InChI is InChI=1S/C28H33F2N7O3/c1-3-5-24-33-28(40-34-24)36-11-8-20(9-12-36)37-16-22(30)25-23(31-17-32-26(25)37)15-18-6-7-19(14-21(18)29)27(39)35(2)10-4-13-38/h6-7,14,16-17,20,38H,3-5,8-13,15H2,1-2H3. The first-order valence-electron chi connectivity index (χ1n) is 13.6. The highest BCUT2D eigenvalue weighted by Gasteiger charge is 2.27. The van der Waals surface area contributed by atoms with Gasteiger partial charge in [0.05, 0.1) is 11.1 Å². The van der Waals surface area contributed by atoms with E-state index in [-0.39, 0.29) is 35.9 Å². The van der Waals surface area contributed by atoms with Crippen LogP contribution in [0.1, 0.15) is 66.1 Å². The lowest BCUT2D eigenvalue weighted by Crippen LogP contribution is -2.34. The number of carbonyl (C=O) groups excluding carboxylic acids is 1. The highest BCUT2D eigenvalue weighted by molar-refractivity contribution is 5.94. The summed E-state index contributed by atoms with van der Waals surface area (Å²) in [5, 5.41) is 13.3. The molecule has 1 aliphatic heterocycles. The average Bonchev–Trinajstić information content (AvgIpc) is 3.57. The highest BCUT2D eigenvalue weighted by atomic mass is 19.1. The van der Waals surface area contributed by atoms with Crippen molar-refractivity contribution in [2.75, 3.05) is 38.2 Å². The first-order valence-corrected chi connectivity index (χ1v) is 13.6. The minimum atomic E-state index is -0.566. The van der Waals surface area contributed by atoms with E-state index in [4.69, 9.17) is 9.63 Å². The number of aliphatic hydroxyl groups is 1. The molecule has 0 bridgehead atoms. The largest absolute Gasteiger partial charge is 0.396 e. The van der Waals surface area contributed by atoms with Gasteiger partial charge in [-0.25, -0.2) is 18.7 Å². The number of aliphatic hydroxyl groups excluding tert-OH is 1. The number of anilines is 1. The number of amides is 1. The lowest BCUT2D eigenvalue weighted by atomic mass is 10.0. The number of hydrogen-bond donors (Lipinski definition) is 1. The maximum absolute atomic E-state index is 15.3. The van der Waals surface area contributed by atoms with Crippen molar-refractivity contribution in [3.05, 3.63) is 65.0 Å². The molecule has 0 spiro atoms. The molecule has 12 heteroatoms. The fraction of sp³-hybridized carbons (Fsp3) is 0.464. The van der Waals surface area contributed by atoms with Gasteiger partial charge in [-0.3, -0.25) is 4.79 Å². The van der Waals surface area contributed by atoms with Crippen LogP contribution in [-0.2, 0) is 12.8 Å². The van der Waals surface area contributed by atoms with E-state index in [1.165, 1.54) is 29.6 Å². The Hall–Kier alpha value is -3.93. The Morgan fingerprint density at radius 3 is 2.73 bits per heavy atom. The summed E-state index contributed by atoms with van der Waals surface area (Å²) in [6, 6.07) is 4.81. The van der Waals surface area contributed by atoms with Crippen LogP contribution in [0.5, 0.6) is 0 Å². The number of aryl methyl sites for hydroxylation is 1. The summed E-state index contributed by atoms with van der Waals surface area (Å²) in [5.74, 6) is -0.654. The number of piperidine rings is 1. The molecule has 0 radical (unpaired) electrons. The molecule has 1 N–H and O–H groups in total. The minimum absolute atomic E-state index is 0.0221. The fourth-order valence-electron chi connectivity index (χ4n) is 5.18. The first kappa shape index (κ1) is 27.6. The molecule has 1 saturated heterocycles. The lowest BCUT2D eigenvalue weighted by molar-refractivity contribution is 0.0786. The zero-order valence-corrected chi connectivity index (χ0v) is 22.7. The van der Waals surface area contributed by atoms with Crippen LogP contribution >= 0.6 is 0 Å². The SMILES string of the molecule is CCCc1noc(N2CCC(n3cc(F)c4c(Cc5ccc(C(=O)N(C)CCCO)cc5F)ncnc43)CC2)n1. The molecule has 1 amide bonds. The Morgan fingerprint density at radius 2 is 2.00 bits per heavy atom. The van der Waals surface area contributed by atoms with Crippen molar-refractivity contribution in [1.29, 1.82) is 0 Å². The topological polar surface area (TPSA) is 113 Å². The van der Waals surface area contributed by atoms with Gasteiger partial charge in [-0.1, -0.05) is 18.1 Å². The summed E-state index contributed by atoms with van der Waals surface area (Å²) >= 11 is 0. The number of carbonyl (C=O) groups is 1. The second-order valence-electron chi connectivity index (χ2n) is 10.2. The van der Waals surface area contributed by atoms with E-state index in [0.717, 1.165) is 25.7 Å². The van der Waals surface area contributed by atoms with E-state index in [1.807, 2.05) is 9.47 Å². The summed E-state index contributed by atoms with van der Waals surface area (Å²) in [4.78, 5) is 29.2. The third-order valence-corrected chi connectivity index (χ3v) is 7.36. The van der Waals surface area contributed by atoms with Crippen molar-refractivity contribution in [3.8, 4) is 0 Å². The van der Waals surface area contributed by atoms with E-state index < -0.39 is 11.6 Å². The lowest BCUT2D eigenvalue weighted by Gasteiger charge is -2.31. The summed E-state index contributed by atoms with van der Waals surface area (Å²) < 4.78 is 37.6. The van der Waals surface area contributed by atoms with Gasteiger partial charge in [0.15, 0.2) is 11.6 Å². The van der Waals surface area contributed by atoms with Crippen molar-refractivity contribution in [2.24, 2.45) is 0 Å². The Kier molecular flexibility index (Phi) is 8.34. The zero-order chi connectivity index (χ0) is 28.2. The minimum Gasteiger partial charge on any atom is -0.396 e. The summed E-state index contributed by atoms with van der Waals surface area (Å²) in [6.07, 6.45) is 6.52. The predicted octanol–water partition coefficient (Wildman–Crippen LogP) is 3.93. The van der Waals surface area contributed by atoms with Gasteiger partial charge in [0, 0.05) is 63.9 Å². The van der Waals surface area contributed by atoms with E-state index >= 15 is 8.78 Å². The molecule has 0 atom stereocenters. The van der Waals surface area contributed by atoms with Crippen molar-refractivity contribution in [3.63, 3.8) is 0 Å². The fourth-order valence-corrected chi connectivity index (χ4v) is 5.18. The molecule has 5 rings (SSSR count). The van der Waals surface area contributed by atoms with E-state index in [0.29, 0.717) is 54.8 Å². The zero-order valence-electron chi connectivity index (χ0n) is 22.7. The molecule has 1 aromatic carbocycles. The Balaban J connectivity index is 1.31. The molecule has 40 heavy (non-hydrogen) atoms. The number of hydrogen-bond acceptors (Lipinski definition) is 8. The maximum atomic E-state index is 15.3. The van der Waals surface area contributed by atoms with Crippen LogP contribution in [0.15, 0.2) is 35.2 Å². The quantitative estimate of drug-likeness (QED) is 0.314. The van der Waals surface area contributed by atoms with Crippen LogP contribution in [0.3, 0.4) is 0 Å². The third kappa shape index (κ3) is 5.67. The van der Waals surface area contributed by atoms with Gasteiger partial charge in [0.25, 0.3) is 5.91 Å². The molecule has 3 aromatic heterocycles. The molecule has 1 aliphatic rings. The Labute approximate surface area is 230 Å². The van der Waals surface area contributed by atoms with Crippen LogP contribution in [0.2, 0.25) is 0 Å². The number of benzene rings is 1. The molecular formula is C28H33F2N7O3. The first-order chi connectivity index (χ1) is 19.4. The number of halogens is 2. The molecule has 1 fully saturated rings. The van der Waals surface area contributed by atoms with Gasteiger partial charge in [0.1, 0.15) is 17.8 Å². The smallest absolute Gasteiger partial charge is 0.324 e. The maximum Gasteiger partial charge on any atom is 0.324 e. The van der Waals surface area contributed by atoms with E-state index in [1.54, 1.807) is 13.1 Å². The molecule has 0 aliphatic carbocycles. The Morgan fingerprint density at radius 1 is 1.20 bits per heavy atom. The summed E-state index contributed by atoms with van der Waals surface area (Å²) in [6.45, 7) is 3.76. The third-order valence-electron chi connectivity index (χ3n) is 7.36. The van der Waals surface area contributed by atoms with Gasteiger partial charge in [-0.05, 0) is 43.4 Å². The second kappa shape index (κ2) is 12.1. The van der Waals surface area contributed by atoms with Gasteiger partial charge < -0.3 is 24.0 Å². The summed E-state index contributed by atoms with van der Waals surface area (Å²) in [5.41, 5.74) is 1.37. The van der Waals surface area contributed by atoms with Gasteiger partial charge in [0.2, 0.25) is 0 Å². The molecule has 4 heterocycles. The van der Waals surface area contributed by atoms with Crippen LogP contribution in [0.25, 0.3) is 11.0 Å². The monoisotopic (exact) mass is 553 g/mol. The van der Waals surface area contributed by atoms with Crippen LogP contribution in [-0.4, -0.2) is 73.9 Å². The van der Waals surface area contributed by atoms with E-state index in [9.17, 15) is 4.79 Å². The molecule has 4 aromatic rings. The van der Waals surface area contributed by atoms with Crippen molar-refractivity contribution < 1.29 is 23.2 Å². The highest BCUT2D eigenvalue weighted by Crippen LogP contribution is 2.32. The van der Waals surface area contributed by atoms with E-state index in [2.05, 4.69) is 27.0 Å². The molecular weight excluding hydrogens is 520 g/mol. The van der Waals surface area contributed by atoms with Crippen molar-refractivity contribution in [2.45, 2.75) is 51.5 Å². The van der Waals surface area contributed by atoms with Crippen LogP contribution in [0.4, 0.5) is 14.8 Å². The molecule has 0 saturated carbocycles. The van der Waals surface area contributed by atoms with Gasteiger partial charge >= 0.3 is 6.01 Å². The number of nitrogens with zero attached hydrogens (tertiary/aromatic N) is 7. The molecule has 212 valence electrons. The number of rotatable bonds is 10. The number of fused-ring (bicyclic) bond motifs is 1. The second-order valence-corrected chi connectivity index (χ2v) is 10.2. The van der Waals surface area contributed by atoms with Crippen LogP contribution < -0.4 is 4.90 Å². The van der Waals surface area contributed by atoms with Crippen molar-refractivity contribution >= 4 is 23.0 Å². The predicted molar refractivity (Wildman–Crippen MR) is 144 cm³/mol.